The molecular weight excluding hydrogens is 287 g/mol. The van der Waals surface area contributed by atoms with Gasteiger partial charge in [0, 0.05) is 24.1 Å². The molecule has 0 aliphatic carbocycles. The first-order valence-electron chi connectivity index (χ1n) is 5.70. The van der Waals surface area contributed by atoms with Crippen LogP contribution in [-0.2, 0) is 0 Å². The highest BCUT2D eigenvalue weighted by molar-refractivity contribution is 9.09. The van der Waals surface area contributed by atoms with Crippen LogP contribution in [0.25, 0.3) is 0 Å². The minimum atomic E-state index is -0.545. The summed E-state index contributed by atoms with van der Waals surface area (Å²) in [6.07, 6.45) is 5.62. The number of amides is 1. The largest absolute Gasteiger partial charge is 0.335 e. The predicted octanol–water partition coefficient (Wildman–Crippen LogP) is 2.61. The molecular formula is C12H14BrFN2O. The number of pyridine rings is 1. The lowest BCUT2D eigenvalue weighted by Gasteiger charge is -2.34. The van der Waals surface area contributed by atoms with Gasteiger partial charge in [-0.05, 0) is 25.3 Å². The lowest BCUT2D eigenvalue weighted by Crippen LogP contribution is -2.44. The second-order valence-corrected chi connectivity index (χ2v) is 4.81. The number of halogens is 2. The Bertz CT molecular complexity index is 413. The van der Waals surface area contributed by atoms with Gasteiger partial charge in [-0.25, -0.2) is 4.39 Å². The molecule has 0 spiro atoms. The minimum Gasteiger partial charge on any atom is -0.335 e. The van der Waals surface area contributed by atoms with Crippen molar-refractivity contribution in [2.75, 3.05) is 11.9 Å². The van der Waals surface area contributed by atoms with E-state index >= 15 is 0 Å². The SMILES string of the molecule is O=C(c1ccncc1F)N1CCCCC1CBr. The van der Waals surface area contributed by atoms with Crippen molar-refractivity contribution < 1.29 is 9.18 Å². The summed E-state index contributed by atoms with van der Waals surface area (Å²) in [4.78, 5) is 17.6. The molecule has 0 saturated carbocycles. The number of alkyl halides is 1. The van der Waals surface area contributed by atoms with Crippen LogP contribution >= 0.6 is 15.9 Å². The van der Waals surface area contributed by atoms with Crippen molar-refractivity contribution in [2.24, 2.45) is 0 Å². The third kappa shape index (κ3) is 2.65. The predicted molar refractivity (Wildman–Crippen MR) is 66.7 cm³/mol. The fraction of sp³-hybridized carbons (Fsp3) is 0.500. The molecule has 1 aliphatic rings. The smallest absolute Gasteiger partial charge is 0.257 e. The van der Waals surface area contributed by atoms with E-state index in [0.29, 0.717) is 6.54 Å². The monoisotopic (exact) mass is 300 g/mol. The number of aromatic nitrogens is 1. The van der Waals surface area contributed by atoms with E-state index in [1.54, 1.807) is 4.90 Å². The zero-order chi connectivity index (χ0) is 12.3. The van der Waals surface area contributed by atoms with Crippen LogP contribution in [0.1, 0.15) is 29.6 Å². The highest BCUT2D eigenvalue weighted by Gasteiger charge is 2.27. The Morgan fingerprint density at radius 3 is 3.12 bits per heavy atom. The summed E-state index contributed by atoms with van der Waals surface area (Å²) in [6.45, 7) is 0.705. The quantitative estimate of drug-likeness (QED) is 0.787. The molecule has 92 valence electrons. The topological polar surface area (TPSA) is 33.2 Å². The molecule has 5 heteroatoms. The summed E-state index contributed by atoms with van der Waals surface area (Å²) in [7, 11) is 0. The Hall–Kier alpha value is -0.970. The van der Waals surface area contributed by atoms with Crippen LogP contribution in [-0.4, -0.2) is 33.7 Å². The Morgan fingerprint density at radius 2 is 2.41 bits per heavy atom. The van der Waals surface area contributed by atoms with Gasteiger partial charge < -0.3 is 4.90 Å². The van der Waals surface area contributed by atoms with Gasteiger partial charge in [-0.3, -0.25) is 9.78 Å². The van der Waals surface area contributed by atoms with Gasteiger partial charge in [0.25, 0.3) is 5.91 Å². The number of carbonyl (C=O) groups excluding carboxylic acids is 1. The summed E-state index contributed by atoms with van der Waals surface area (Å²) in [6, 6.07) is 1.61. The molecule has 0 bridgehead atoms. The highest BCUT2D eigenvalue weighted by atomic mass is 79.9. The number of carbonyl (C=O) groups is 1. The van der Waals surface area contributed by atoms with Crippen LogP contribution in [0.5, 0.6) is 0 Å². The Kier molecular flexibility index (Phi) is 4.10. The van der Waals surface area contributed by atoms with Crippen LogP contribution in [0.2, 0.25) is 0 Å². The zero-order valence-electron chi connectivity index (χ0n) is 9.40. The fourth-order valence-corrected chi connectivity index (χ4v) is 2.80. The molecule has 0 aromatic carbocycles. The number of hydrogen-bond acceptors (Lipinski definition) is 2. The lowest BCUT2D eigenvalue weighted by molar-refractivity contribution is 0.0637. The molecule has 1 saturated heterocycles. The third-order valence-electron chi connectivity index (χ3n) is 3.07. The van der Waals surface area contributed by atoms with E-state index in [2.05, 4.69) is 20.9 Å². The van der Waals surface area contributed by atoms with E-state index in [1.807, 2.05) is 0 Å². The molecule has 1 amide bonds. The Balaban J connectivity index is 2.21. The van der Waals surface area contributed by atoms with Crippen molar-refractivity contribution in [3.63, 3.8) is 0 Å². The second kappa shape index (κ2) is 5.58. The summed E-state index contributed by atoms with van der Waals surface area (Å²) in [5.74, 6) is -0.773. The number of rotatable bonds is 2. The van der Waals surface area contributed by atoms with Crippen molar-refractivity contribution in [3.05, 3.63) is 29.8 Å². The van der Waals surface area contributed by atoms with E-state index in [4.69, 9.17) is 0 Å². The first-order valence-corrected chi connectivity index (χ1v) is 6.82. The number of nitrogens with zero attached hydrogens (tertiary/aromatic N) is 2. The number of likely N-dealkylation sites (tertiary alicyclic amines) is 1. The van der Waals surface area contributed by atoms with Crippen molar-refractivity contribution >= 4 is 21.8 Å². The summed E-state index contributed by atoms with van der Waals surface area (Å²) >= 11 is 3.41. The van der Waals surface area contributed by atoms with Crippen LogP contribution in [0.15, 0.2) is 18.5 Å². The summed E-state index contributed by atoms with van der Waals surface area (Å²) in [5, 5.41) is 0.742. The molecule has 1 unspecified atom stereocenters. The van der Waals surface area contributed by atoms with Gasteiger partial charge >= 0.3 is 0 Å². The van der Waals surface area contributed by atoms with E-state index in [0.717, 1.165) is 30.8 Å². The molecule has 0 N–H and O–H groups in total. The first kappa shape index (κ1) is 12.5. The molecule has 1 atom stereocenters. The van der Waals surface area contributed by atoms with Crippen molar-refractivity contribution in [2.45, 2.75) is 25.3 Å². The van der Waals surface area contributed by atoms with E-state index in [9.17, 15) is 9.18 Å². The van der Waals surface area contributed by atoms with E-state index < -0.39 is 5.82 Å². The maximum absolute atomic E-state index is 13.5. The van der Waals surface area contributed by atoms with Crippen LogP contribution in [0.3, 0.4) is 0 Å². The minimum absolute atomic E-state index is 0.118. The zero-order valence-corrected chi connectivity index (χ0v) is 11.0. The Morgan fingerprint density at radius 1 is 1.59 bits per heavy atom. The van der Waals surface area contributed by atoms with Gasteiger partial charge in [-0.2, -0.15) is 0 Å². The van der Waals surface area contributed by atoms with Gasteiger partial charge in [-0.1, -0.05) is 15.9 Å². The lowest BCUT2D eigenvalue weighted by atomic mass is 10.0. The maximum atomic E-state index is 13.5. The van der Waals surface area contributed by atoms with E-state index in [-0.39, 0.29) is 17.5 Å². The van der Waals surface area contributed by atoms with Crippen LogP contribution < -0.4 is 0 Å². The molecule has 1 fully saturated rings. The normalized spacial score (nSPS) is 20.4. The van der Waals surface area contributed by atoms with Crippen LogP contribution in [0.4, 0.5) is 4.39 Å². The molecule has 1 aromatic heterocycles. The van der Waals surface area contributed by atoms with Crippen molar-refractivity contribution in [1.82, 2.24) is 9.88 Å². The van der Waals surface area contributed by atoms with Gasteiger partial charge in [-0.15, -0.1) is 0 Å². The molecule has 1 aromatic rings. The average molecular weight is 301 g/mol. The molecule has 3 nitrogen and oxygen atoms in total. The van der Waals surface area contributed by atoms with Crippen molar-refractivity contribution in [3.8, 4) is 0 Å². The molecule has 1 aliphatic heterocycles. The van der Waals surface area contributed by atoms with Crippen LogP contribution in [0, 0.1) is 5.82 Å². The van der Waals surface area contributed by atoms with Crippen molar-refractivity contribution in [1.29, 1.82) is 0 Å². The maximum Gasteiger partial charge on any atom is 0.257 e. The highest BCUT2D eigenvalue weighted by Crippen LogP contribution is 2.21. The summed E-state index contributed by atoms with van der Waals surface area (Å²) in [5.41, 5.74) is 0.118. The third-order valence-corrected chi connectivity index (χ3v) is 3.82. The standard InChI is InChI=1S/C12H14BrFN2O/c13-7-9-3-1-2-6-16(9)12(17)10-4-5-15-8-11(10)14/h4-5,8-9H,1-3,6-7H2. The average Bonchev–Trinajstić information content (AvgIpc) is 2.38. The molecule has 17 heavy (non-hydrogen) atoms. The van der Waals surface area contributed by atoms with Gasteiger partial charge in [0.05, 0.1) is 11.8 Å². The first-order chi connectivity index (χ1) is 8.24. The van der Waals surface area contributed by atoms with Gasteiger partial charge in [0.2, 0.25) is 0 Å². The second-order valence-electron chi connectivity index (χ2n) is 4.16. The van der Waals surface area contributed by atoms with E-state index in [1.165, 1.54) is 12.3 Å². The molecule has 2 heterocycles. The number of piperidine rings is 1. The fourth-order valence-electron chi connectivity index (χ4n) is 2.13. The van der Waals surface area contributed by atoms with Gasteiger partial charge in [0.15, 0.2) is 5.82 Å². The Labute approximate surface area is 108 Å². The molecule has 0 radical (unpaired) electrons. The van der Waals surface area contributed by atoms with Gasteiger partial charge in [0.1, 0.15) is 0 Å². The molecule has 2 rings (SSSR count). The summed E-state index contributed by atoms with van der Waals surface area (Å²) < 4.78 is 13.5. The number of hydrogen-bond donors (Lipinski definition) is 0.